The fraction of sp³-hybridized carbons (Fsp3) is 0.250. The fourth-order valence-electron chi connectivity index (χ4n) is 0.744. The molecule has 0 bridgehead atoms. The number of carbonyl (C=O) groups excluding carboxylic acids is 1. The summed E-state index contributed by atoms with van der Waals surface area (Å²) in [6.07, 6.45) is 1.10. The van der Waals surface area contributed by atoms with Crippen LogP contribution in [-0.2, 0) is 4.84 Å². The summed E-state index contributed by atoms with van der Waals surface area (Å²) in [5, 5.41) is 1.04. The molecule has 5 heteroatoms. The number of hydrogen-bond donors (Lipinski definition) is 0. The normalized spacial score (nSPS) is 9.69. The smallest absolute Gasteiger partial charge is 0.335 e. The molecule has 13 heavy (non-hydrogen) atoms. The molecule has 0 spiro atoms. The second-order valence-electron chi connectivity index (χ2n) is 2.33. The van der Waals surface area contributed by atoms with Gasteiger partial charge in [-0.2, -0.15) is 0 Å². The highest BCUT2D eigenvalue weighted by atomic mass is 16.7. The maximum Gasteiger partial charge on any atom is 0.335 e. The van der Waals surface area contributed by atoms with Crippen molar-refractivity contribution >= 4 is 5.91 Å². The Labute approximate surface area is 74.5 Å². The second-order valence-corrected chi connectivity index (χ2v) is 2.33. The van der Waals surface area contributed by atoms with Gasteiger partial charge in [0.15, 0.2) is 0 Å². The zero-order valence-electron chi connectivity index (χ0n) is 7.31. The van der Waals surface area contributed by atoms with Crippen LogP contribution in [0.15, 0.2) is 27.6 Å². The molecule has 0 aromatic carbocycles. The van der Waals surface area contributed by atoms with Crippen molar-refractivity contribution in [2.75, 3.05) is 14.2 Å². The van der Waals surface area contributed by atoms with Gasteiger partial charge in [0, 0.05) is 13.1 Å². The number of nitrogens with zero attached hydrogens (tertiary/aromatic N) is 1. The van der Waals surface area contributed by atoms with Crippen molar-refractivity contribution in [3.05, 3.63) is 34.4 Å². The van der Waals surface area contributed by atoms with Crippen LogP contribution in [0.1, 0.15) is 10.4 Å². The van der Waals surface area contributed by atoms with Crippen LogP contribution in [0.4, 0.5) is 0 Å². The summed E-state index contributed by atoms with van der Waals surface area (Å²) in [6, 6.07) is 2.56. The SMILES string of the molecule is CON(C)C(=O)c1ccc(=O)oc1. The molecule has 0 aliphatic rings. The average Bonchev–Trinajstić information content (AvgIpc) is 2.17. The molecule has 0 fully saturated rings. The highest BCUT2D eigenvalue weighted by Crippen LogP contribution is 2.00. The van der Waals surface area contributed by atoms with E-state index in [1.54, 1.807) is 0 Å². The number of rotatable bonds is 2. The molecule has 0 unspecified atom stereocenters. The van der Waals surface area contributed by atoms with Crippen LogP contribution in [0.2, 0.25) is 0 Å². The molecule has 0 N–H and O–H groups in total. The van der Waals surface area contributed by atoms with E-state index in [0.717, 1.165) is 11.3 Å². The van der Waals surface area contributed by atoms with Crippen molar-refractivity contribution in [1.82, 2.24) is 5.06 Å². The Bertz CT molecular complexity index is 337. The average molecular weight is 183 g/mol. The quantitative estimate of drug-likeness (QED) is 0.617. The molecule has 0 saturated heterocycles. The minimum Gasteiger partial charge on any atom is -0.430 e. The van der Waals surface area contributed by atoms with Crippen molar-refractivity contribution < 1.29 is 14.0 Å². The molecule has 0 saturated carbocycles. The summed E-state index contributed by atoms with van der Waals surface area (Å²) in [7, 11) is 2.84. The first kappa shape index (κ1) is 9.47. The molecule has 1 aromatic rings. The van der Waals surface area contributed by atoms with E-state index in [0.29, 0.717) is 0 Å². The predicted octanol–water partition coefficient (Wildman–Crippen LogP) is 0.273. The largest absolute Gasteiger partial charge is 0.430 e. The van der Waals surface area contributed by atoms with E-state index in [2.05, 4.69) is 9.25 Å². The lowest BCUT2D eigenvalue weighted by Crippen LogP contribution is -2.25. The van der Waals surface area contributed by atoms with Crippen molar-refractivity contribution in [2.45, 2.75) is 0 Å². The van der Waals surface area contributed by atoms with Crippen molar-refractivity contribution in [1.29, 1.82) is 0 Å². The zero-order chi connectivity index (χ0) is 9.84. The molecule has 1 aromatic heterocycles. The Morgan fingerprint density at radius 2 is 2.23 bits per heavy atom. The van der Waals surface area contributed by atoms with E-state index in [9.17, 15) is 9.59 Å². The minimum absolute atomic E-state index is 0.268. The van der Waals surface area contributed by atoms with Crippen LogP contribution >= 0.6 is 0 Å². The van der Waals surface area contributed by atoms with Gasteiger partial charge in [0.25, 0.3) is 5.91 Å². The number of hydroxylamine groups is 2. The van der Waals surface area contributed by atoms with Crippen molar-refractivity contribution in [2.24, 2.45) is 0 Å². The number of carbonyl (C=O) groups is 1. The fourth-order valence-corrected chi connectivity index (χ4v) is 0.744. The Balaban J connectivity index is 2.90. The molecule has 1 amide bonds. The van der Waals surface area contributed by atoms with Gasteiger partial charge in [0.1, 0.15) is 6.26 Å². The van der Waals surface area contributed by atoms with E-state index in [1.165, 1.54) is 26.3 Å². The van der Waals surface area contributed by atoms with Crippen LogP contribution in [0, 0.1) is 0 Å². The van der Waals surface area contributed by atoms with Gasteiger partial charge in [-0.15, -0.1) is 0 Å². The number of hydrogen-bond acceptors (Lipinski definition) is 4. The molecular formula is C8H9NO4. The van der Waals surface area contributed by atoms with Gasteiger partial charge in [0.05, 0.1) is 12.7 Å². The van der Waals surface area contributed by atoms with E-state index in [4.69, 9.17) is 0 Å². The van der Waals surface area contributed by atoms with Crippen molar-refractivity contribution in [3.8, 4) is 0 Å². The topological polar surface area (TPSA) is 59.8 Å². The van der Waals surface area contributed by atoms with Crippen molar-refractivity contribution in [3.63, 3.8) is 0 Å². The molecule has 0 aliphatic carbocycles. The predicted molar refractivity (Wildman–Crippen MR) is 44.1 cm³/mol. The number of amides is 1. The van der Waals surface area contributed by atoms with Gasteiger partial charge in [-0.3, -0.25) is 9.63 Å². The van der Waals surface area contributed by atoms with Gasteiger partial charge in [0.2, 0.25) is 0 Å². The Kier molecular flexibility index (Phi) is 2.81. The van der Waals surface area contributed by atoms with Gasteiger partial charge in [-0.1, -0.05) is 0 Å². The molecule has 1 rings (SSSR count). The van der Waals surface area contributed by atoms with Gasteiger partial charge >= 0.3 is 5.63 Å². The molecule has 1 heterocycles. The van der Waals surface area contributed by atoms with E-state index < -0.39 is 5.63 Å². The minimum atomic E-state index is -0.489. The van der Waals surface area contributed by atoms with Crippen LogP contribution in [0.5, 0.6) is 0 Å². The van der Waals surface area contributed by atoms with E-state index in [1.807, 2.05) is 0 Å². The second kappa shape index (κ2) is 3.86. The van der Waals surface area contributed by atoms with Gasteiger partial charge in [-0.05, 0) is 6.07 Å². The monoisotopic (exact) mass is 183 g/mol. The van der Waals surface area contributed by atoms with Gasteiger partial charge in [-0.25, -0.2) is 9.86 Å². The standard InChI is InChI=1S/C8H9NO4/c1-9(12-2)8(11)6-3-4-7(10)13-5-6/h3-5H,1-2H3. The maximum absolute atomic E-state index is 11.3. The van der Waals surface area contributed by atoms with Crippen LogP contribution in [0.3, 0.4) is 0 Å². The summed E-state index contributed by atoms with van der Waals surface area (Å²) in [6.45, 7) is 0. The summed E-state index contributed by atoms with van der Waals surface area (Å²) in [4.78, 5) is 26.5. The zero-order valence-corrected chi connectivity index (χ0v) is 7.31. The summed E-state index contributed by atoms with van der Waals surface area (Å²) in [5.41, 5.74) is -0.222. The molecule has 5 nitrogen and oxygen atoms in total. The lowest BCUT2D eigenvalue weighted by Gasteiger charge is -2.12. The summed E-state index contributed by atoms with van der Waals surface area (Å²) in [5.74, 6) is -0.369. The molecule has 0 aliphatic heterocycles. The summed E-state index contributed by atoms with van der Waals surface area (Å²) < 4.78 is 4.52. The first-order chi connectivity index (χ1) is 6.15. The Hall–Kier alpha value is -1.62. The first-order valence-corrected chi connectivity index (χ1v) is 3.56. The summed E-state index contributed by atoms with van der Waals surface area (Å²) >= 11 is 0. The lowest BCUT2D eigenvalue weighted by molar-refractivity contribution is -0.0758. The molecular weight excluding hydrogens is 174 g/mol. The first-order valence-electron chi connectivity index (χ1n) is 3.56. The molecule has 70 valence electrons. The van der Waals surface area contributed by atoms with Gasteiger partial charge < -0.3 is 4.42 Å². The Morgan fingerprint density at radius 3 is 2.69 bits per heavy atom. The van der Waals surface area contributed by atoms with Crippen LogP contribution < -0.4 is 5.63 Å². The molecule has 0 atom stereocenters. The third-order valence-corrected chi connectivity index (χ3v) is 1.51. The maximum atomic E-state index is 11.3. The van der Waals surface area contributed by atoms with E-state index in [-0.39, 0.29) is 11.5 Å². The van der Waals surface area contributed by atoms with Crippen LogP contribution in [-0.4, -0.2) is 25.1 Å². The van der Waals surface area contributed by atoms with Crippen LogP contribution in [0.25, 0.3) is 0 Å². The third-order valence-electron chi connectivity index (χ3n) is 1.51. The van der Waals surface area contributed by atoms with E-state index >= 15 is 0 Å². The third kappa shape index (κ3) is 2.16. The lowest BCUT2D eigenvalue weighted by atomic mass is 10.3. The molecule has 0 radical (unpaired) electrons. The highest BCUT2D eigenvalue weighted by Gasteiger charge is 2.11. The Morgan fingerprint density at radius 1 is 1.54 bits per heavy atom. The highest BCUT2D eigenvalue weighted by molar-refractivity contribution is 5.92.